The maximum Gasteiger partial charge on any atom is 0.227 e. The van der Waals surface area contributed by atoms with Crippen molar-refractivity contribution in [2.24, 2.45) is 5.92 Å². The highest BCUT2D eigenvalue weighted by atomic mass is 16.2. The molecule has 1 fully saturated rings. The van der Waals surface area contributed by atoms with Crippen molar-refractivity contribution in [1.82, 2.24) is 5.32 Å². The number of nitrogens with zero attached hydrogens (tertiary/aromatic N) is 1. The molecule has 25 heavy (non-hydrogen) atoms. The van der Waals surface area contributed by atoms with Crippen molar-refractivity contribution >= 4 is 17.5 Å². The number of carbonyl (C=O) groups excluding carboxylic acids is 2. The molecule has 0 bridgehead atoms. The number of benzene rings is 2. The molecule has 4 nitrogen and oxygen atoms in total. The highest BCUT2D eigenvalue weighted by Crippen LogP contribution is 2.24. The molecule has 4 heteroatoms. The number of rotatable bonds is 6. The van der Waals surface area contributed by atoms with Gasteiger partial charge in [0.1, 0.15) is 0 Å². The molecule has 0 aromatic heterocycles. The van der Waals surface area contributed by atoms with Crippen LogP contribution in [-0.4, -0.2) is 24.9 Å². The predicted molar refractivity (Wildman–Crippen MR) is 99.4 cm³/mol. The van der Waals surface area contributed by atoms with Crippen molar-refractivity contribution in [1.29, 1.82) is 0 Å². The van der Waals surface area contributed by atoms with E-state index >= 15 is 0 Å². The fourth-order valence-electron chi connectivity index (χ4n) is 3.25. The molecule has 0 spiro atoms. The van der Waals surface area contributed by atoms with Crippen molar-refractivity contribution < 1.29 is 9.59 Å². The van der Waals surface area contributed by atoms with E-state index in [0.717, 1.165) is 12.1 Å². The summed E-state index contributed by atoms with van der Waals surface area (Å²) in [5.41, 5.74) is 3.32. The molecule has 1 heterocycles. The van der Waals surface area contributed by atoms with Crippen LogP contribution in [0.3, 0.4) is 0 Å². The number of aryl methyl sites for hydroxylation is 2. The molecule has 1 saturated heterocycles. The first-order valence-corrected chi connectivity index (χ1v) is 8.79. The summed E-state index contributed by atoms with van der Waals surface area (Å²) in [7, 11) is 0. The molecule has 2 aromatic carbocycles. The van der Waals surface area contributed by atoms with E-state index in [9.17, 15) is 9.59 Å². The molecule has 1 aliphatic heterocycles. The van der Waals surface area contributed by atoms with E-state index in [1.807, 2.05) is 47.4 Å². The summed E-state index contributed by atoms with van der Waals surface area (Å²) in [6.45, 7) is 3.28. The second kappa shape index (κ2) is 7.97. The second-order valence-corrected chi connectivity index (χ2v) is 6.70. The van der Waals surface area contributed by atoms with Gasteiger partial charge in [0.2, 0.25) is 11.8 Å². The lowest BCUT2D eigenvalue weighted by molar-refractivity contribution is -0.121. The third-order valence-electron chi connectivity index (χ3n) is 4.58. The van der Waals surface area contributed by atoms with Crippen molar-refractivity contribution in [2.75, 3.05) is 18.0 Å². The molecule has 130 valence electrons. The van der Waals surface area contributed by atoms with Gasteiger partial charge < -0.3 is 10.2 Å². The van der Waals surface area contributed by atoms with Gasteiger partial charge in [-0.05, 0) is 31.0 Å². The topological polar surface area (TPSA) is 49.4 Å². The van der Waals surface area contributed by atoms with Crippen LogP contribution in [0.5, 0.6) is 0 Å². The van der Waals surface area contributed by atoms with Crippen molar-refractivity contribution in [2.45, 2.75) is 26.2 Å². The first-order valence-electron chi connectivity index (χ1n) is 8.79. The zero-order chi connectivity index (χ0) is 17.6. The highest BCUT2D eigenvalue weighted by Gasteiger charge is 2.30. The fraction of sp³-hybridized carbons (Fsp3) is 0.333. The van der Waals surface area contributed by atoms with Crippen LogP contribution in [0.25, 0.3) is 0 Å². The smallest absolute Gasteiger partial charge is 0.227 e. The number of hydrogen-bond donors (Lipinski definition) is 1. The first-order chi connectivity index (χ1) is 12.1. The number of carbonyl (C=O) groups is 2. The van der Waals surface area contributed by atoms with Crippen LogP contribution in [0.15, 0.2) is 54.6 Å². The lowest BCUT2D eigenvalue weighted by Gasteiger charge is -2.16. The summed E-state index contributed by atoms with van der Waals surface area (Å²) >= 11 is 0. The fourth-order valence-corrected chi connectivity index (χ4v) is 3.25. The van der Waals surface area contributed by atoms with Crippen LogP contribution in [-0.2, 0) is 16.0 Å². The van der Waals surface area contributed by atoms with Gasteiger partial charge in [-0.25, -0.2) is 0 Å². The van der Waals surface area contributed by atoms with Crippen molar-refractivity contribution in [3.05, 3.63) is 65.7 Å². The average molecular weight is 336 g/mol. The summed E-state index contributed by atoms with van der Waals surface area (Å²) in [5, 5.41) is 2.98. The third kappa shape index (κ3) is 4.69. The molecule has 1 atom stereocenters. The quantitative estimate of drug-likeness (QED) is 0.881. The maximum absolute atomic E-state index is 12.2. The van der Waals surface area contributed by atoms with Gasteiger partial charge in [0.15, 0.2) is 0 Å². The summed E-state index contributed by atoms with van der Waals surface area (Å²) in [4.78, 5) is 26.1. The standard InChI is InChI=1S/C21H24N2O2/c1-16-6-5-7-17(12-16)10-11-20(24)22-14-18-13-21(25)23(15-18)19-8-3-2-4-9-19/h2-9,12,18H,10-11,13-15H2,1H3,(H,22,24). The minimum atomic E-state index is 0.0483. The Morgan fingerprint density at radius 2 is 1.96 bits per heavy atom. The van der Waals surface area contributed by atoms with Gasteiger partial charge in [-0.3, -0.25) is 9.59 Å². The number of anilines is 1. The zero-order valence-electron chi connectivity index (χ0n) is 14.6. The second-order valence-electron chi connectivity index (χ2n) is 6.70. The molecule has 1 unspecified atom stereocenters. The molecule has 3 rings (SSSR count). The Kier molecular flexibility index (Phi) is 5.49. The first kappa shape index (κ1) is 17.2. The van der Waals surface area contributed by atoms with Crippen molar-refractivity contribution in [3.8, 4) is 0 Å². The molecular formula is C21H24N2O2. The number of hydrogen-bond acceptors (Lipinski definition) is 2. The molecule has 2 aromatic rings. The summed E-state index contributed by atoms with van der Waals surface area (Å²) in [6.07, 6.45) is 1.72. The van der Waals surface area contributed by atoms with Gasteiger partial charge in [0.25, 0.3) is 0 Å². The Labute approximate surface area is 148 Å². The molecule has 0 saturated carbocycles. The van der Waals surface area contributed by atoms with E-state index in [0.29, 0.717) is 25.9 Å². The van der Waals surface area contributed by atoms with Crippen LogP contribution >= 0.6 is 0 Å². The summed E-state index contributed by atoms with van der Waals surface area (Å²) < 4.78 is 0. The van der Waals surface area contributed by atoms with E-state index in [1.54, 1.807) is 0 Å². The van der Waals surface area contributed by atoms with E-state index in [2.05, 4.69) is 24.4 Å². The van der Waals surface area contributed by atoms with Gasteiger partial charge in [-0.2, -0.15) is 0 Å². The zero-order valence-corrected chi connectivity index (χ0v) is 14.6. The van der Waals surface area contributed by atoms with E-state index in [1.165, 1.54) is 11.1 Å². The van der Waals surface area contributed by atoms with Gasteiger partial charge in [0, 0.05) is 37.5 Å². The van der Waals surface area contributed by atoms with E-state index < -0.39 is 0 Å². The van der Waals surface area contributed by atoms with Gasteiger partial charge in [0.05, 0.1) is 0 Å². The summed E-state index contributed by atoms with van der Waals surface area (Å²) in [6, 6.07) is 17.9. The van der Waals surface area contributed by atoms with Crippen LogP contribution in [0.4, 0.5) is 5.69 Å². The van der Waals surface area contributed by atoms with E-state index in [4.69, 9.17) is 0 Å². The molecule has 0 aliphatic carbocycles. The van der Waals surface area contributed by atoms with Crippen LogP contribution in [0.1, 0.15) is 24.0 Å². The van der Waals surface area contributed by atoms with Gasteiger partial charge >= 0.3 is 0 Å². The average Bonchev–Trinajstić information content (AvgIpc) is 3.00. The van der Waals surface area contributed by atoms with E-state index in [-0.39, 0.29) is 17.7 Å². The summed E-state index contributed by atoms with van der Waals surface area (Å²) in [5.74, 6) is 0.355. The molecule has 0 radical (unpaired) electrons. The third-order valence-corrected chi connectivity index (χ3v) is 4.58. The Bertz CT molecular complexity index is 743. The van der Waals surface area contributed by atoms with Crippen molar-refractivity contribution in [3.63, 3.8) is 0 Å². The van der Waals surface area contributed by atoms with Gasteiger partial charge in [-0.1, -0.05) is 48.0 Å². The SMILES string of the molecule is Cc1cccc(CCC(=O)NCC2CC(=O)N(c3ccccc3)C2)c1. The number of nitrogens with one attached hydrogen (secondary N) is 1. The normalized spacial score (nSPS) is 16.9. The number of amides is 2. The lowest BCUT2D eigenvalue weighted by atomic mass is 10.1. The molecule has 1 N–H and O–H groups in total. The Balaban J connectivity index is 1.44. The van der Waals surface area contributed by atoms with Crippen LogP contribution in [0.2, 0.25) is 0 Å². The molecule has 1 aliphatic rings. The number of para-hydroxylation sites is 1. The van der Waals surface area contributed by atoms with Gasteiger partial charge in [-0.15, -0.1) is 0 Å². The maximum atomic E-state index is 12.2. The Morgan fingerprint density at radius 3 is 2.72 bits per heavy atom. The monoisotopic (exact) mass is 336 g/mol. The predicted octanol–water partition coefficient (Wildman–Crippen LogP) is 3.10. The van der Waals surface area contributed by atoms with Crippen LogP contribution < -0.4 is 10.2 Å². The van der Waals surface area contributed by atoms with Crippen LogP contribution in [0, 0.1) is 12.8 Å². The Morgan fingerprint density at radius 1 is 1.16 bits per heavy atom. The lowest BCUT2D eigenvalue weighted by Crippen LogP contribution is -2.31. The largest absolute Gasteiger partial charge is 0.356 e. The highest BCUT2D eigenvalue weighted by molar-refractivity contribution is 5.95. The Hall–Kier alpha value is -2.62. The minimum absolute atomic E-state index is 0.0483. The molecule has 2 amide bonds. The minimum Gasteiger partial charge on any atom is -0.356 e. The molecular weight excluding hydrogens is 312 g/mol.